The Bertz CT molecular complexity index is 454. The van der Waals surface area contributed by atoms with E-state index in [0.717, 1.165) is 0 Å². The molecule has 1 saturated heterocycles. The summed E-state index contributed by atoms with van der Waals surface area (Å²) in [6.07, 6.45) is 0. The normalized spacial score (nSPS) is 21.4. The van der Waals surface area contributed by atoms with Crippen LogP contribution in [0.2, 0.25) is 0 Å². The molecule has 7 heteroatoms. The first-order chi connectivity index (χ1) is 8.14. The third-order valence-corrected chi connectivity index (χ3v) is 3.42. The molecule has 0 saturated carbocycles. The second-order valence-electron chi connectivity index (χ2n) is 5.22. The minimum absolute atomic E-state index is 0.503. The molecule has 1 aromatic rings. The van der Waals surface area contributed by atoms with Gasteiger partial charge in [-0.2, -0.15) is 13.8 Å². The first kappa shape index (κ1) is 13.4. The molecule has 18 heavy (non-hydrogen) atoms. The molecular formula is C11H13BF3NO2. The van der Waals surface area contributed by atoms with Gasteiger partial charge < -0.3 is 9.31 Å². The molecule has 1 fully saturated rings. The number of aromatic nitrogens is 1. The van der Waals surface area contributed by atoms with Gasteiger partial charge in [-0.25, -0.2) is 4.39 Å². The van der Waals surface area contributed by atoms with Crippen molar-refractivity contribution in [2.75, 3.05) is 0 Å². The molecule has 2 heterocycles. The number of hydrogen-bond acceptors (Lipinski definition) is 3. The molecule has 0 radical (unpaired) electrons. The molecular weight excluding hydrogens is 246 g/mol. The lowest BCUT2D eigenvalue weighted by Gasteiger charge is -2.32. The van der Waals surface area contributed by atoms with Crippen molar-refractivity contribution in [2.24, 2.45) is 0 Å². The van der Waals surface area contributed by atoms with Gasteiger partial charge in [-0.15, -0.1) is 0 Å². The SMILES string of the molecule is CC1(C)OB(c2c(F)cc(F)nc2F)OC1(C)C. The molecule has 98 valence electrons. The van der Waals surface area contributed by atoms with Crippen LogP contribution in [-0.2, 0) is 9.31 Å². The van der Waals surface area contributed by atoms with E-state index >= 15 is 0 Å². The van der Waals surface area contributed by atoms with E-state index in [-0.39, 0.29) is 0 Å². The summed E-state index contributed by atoms with van der Waals surface area (Å²) in [6.45, 7) is 7.00. The van der Waals surface area contributed by atoms with E-state index in [1.165, 1.54) is 0 Å². The summed E-state index contributed by atoms with van der Waals surface area (Å²) in [5.41, 5.74) is -1.97. The van der Waals surface area contributed by atoms with Gasteiger partial charge in [0.1, 0.15) is 5.82 Å². The summed E-state index contributed by atoms with van der Waals surface area (Å²) < 4.78 is 50.8. The van der Waals surface area contributed by atoms with Crippen molar-refractivity contribution in [3.05, 3.63) is 23.8 Å². The van der Waals surface area contributed by atoms with Crippen LogP contribution in [0.4, 0.5) is 13.2 Å². The van der Waals surface area contributed by atoms with Crippen LogP contribution in [0.5, 0.6) is 0 Å². The Morgan fingerprint density at radius 3 is 2.00 bits per heavy atom. The van der Waals surface area contributed by atoms with Crippen LogP contribution in [0.3, 0.4) is 0 Å². The summed E-state index contributed by atoms with van der Waals surface area (Å²) in [4.78, 5) is 2.94. The van der Waals surface area contributed by atoms with Crippen molar-refractivity contribution in [3.8, 4) is 0 Å². The lowest BCUT2D eigenvalue weighted by Crippen LogP contribution is -2.41. The fourth-order valence-corrected chi connectivity index (χ4v) is 1.64. The predicted molar refractivity (Wildman–Crippen MR) is 59.8 cm³/mol. The lowest BCUT2D eigenvalue weighted by atomic mass is 9.79. The Labute approximate surface area is 103 Å². The highest BCUT2D eigenvalue weighted by atomic mass is 19.1. The minimum atomic E-state index is -1.26. The van der Waals surface area contributed by atoms with Crippen LogP contribution in [0.25, 0.3) is 0 Å². The maximum atomic E-state index is 13.6. The van der Waals surface area contributed by atoms with Gasteiger partial charge in [0.2, 0.25) is 11.9 Å². The molecule has 0 bridgehead atoms. The average Bonchev–Trinajstić information content (AvgIpc) is 2.32. The third kappa shape index (κ3) is 2.01. The standard InChI is InChI=1S/C11H13BF3NO2/c1-10(2)11(3,4)18-12(17-10)8-6(13)5-7(14)16-9(8)15/h5H,1-4H3. The second-order valence-corrected chi connectivity index (χ2v) is 5.22. The van der Waals surface area contributed by atoms with Crippen LogP contribution >= 0.6 is 0 Å². The van der Waals surface area contributed by atoms with Crippen LogP contribution < -0.4 is 5.46 Å². The van der Waals surface area contributed by atoms with Crippen LogP contribution in [-0.4, -0.2) is 23.3 Å². The van der Waals surface area contributed by atoms with Gasteiger partial charge in [-0.3, -0.25) is 0 Å². The Morgan fingerprint density at radius 2 is 1.56 bits per heavy atom. The molecule has 0 unspecified atom stereocenters. The van der Waals surface area contributed by atoms with Crippen LogP contribution in [0, 0.1) is 17.7 Å². The first-order valence-corrected chi connectivity index (χ1v) is 5.51. The number of rotatable bonds is 1. The minimum Gasteiger partial charge on any atom is -0.399 e. The van der Waals surface area contributed by atoms with E-state index < -0.39 is 41.5 Å². The fourth-order valence-electron chi connectivity index (χ4n) is 1.64. The monoisotopic (exact) mass is 259 g/mol. The van der Waals surface area contributed by atoms with Crippen molar-refractivity contribution in [1.82, 2.24) is 4.98 Å². The second kappa shape index (κ2) is 3.96. The van der Waals surface area contributed by atoms with E-state index in [9.17, 15) is 13.2 Å². The summed E-state index contributed by atoms with van der Waals surface area (Å²) >= 11 is 0. The number of pyridine rings is 1. The van der Waals surface area contributed by atoms with Gasteiger partial charge in [0.15, 0.2) is 0 Å². The third-order valence-electron chi connectivity index (χ3n) is 3.42. The maximum absolute atomic E-state index is 13.6. The van der Waals surface area contributed by atoms with E-state index in [1.54, 1.807) is 27.7 Å². The highest BCUT2D eigenvalue weighted by molar-refractivity contribution is 6.62. The van der Waals surface area contributed by atoms with Gasteiger partial charge in [-0.05, 0) is 27.7 Å². The number of halogens is 3. The zero-order valence-electron chi connectivity index (χ0n) is 10.6. The summed E-state index contributed by atoms with van der Waals surface area (Å²) in [6, 6.07) is 0.503. The molecule has 0 aromatic carbocycles. The Kier molecular flexibility index (Phi) is 2.94. The Balaban J connectivity index is 2.42. The average molecular weight is 259 g/mol. The fraction of sp³-hybridized carbons (Fsp3) is 0.545. The Morgan fingerprint density at radius 1 is 1.06 bits per heavy atom. The van der Waals surface area contributed by atoms with E-state index in [2.05, 4.69) is 4.98 Å². The van der Waals surface area contributed by atoms with Crippen molar-refractivity contribution < 1.29 is 22.5 Å². The summed E-state index contributed by atoms with van der Waals surface area (Å²) in [7, 11) is -1.23. The predicted octanol–water partition coefficient (Wildman–Crippen LogP) is 1.80. The van der Waals surface area contributed by atoms with Crippen molar-refractivity contribution in [3.63, 3.8) is 0 Å². The molecule has 0 N–H and O–H groups in total. The molecule has 1 aliphatic heterocycles. The summed E-state index contributed by atoms with van der Waals surface area (Å²) in [5.74, 6) is -3.55. The van der Waals surface area contributed by atoms with Crippen LogP contribution in [0.15, 0.2) is 6.07 Å². The van der Waals surface area contributed by atoms with Gasteiger partial charge in [0.05, 0.1) is 16.7 Å². The van der Waals surface area contributed by atoms with E-state index in [0.29, 0.717) is 6.07 Å². The summed E-state index contributed by atoms with van der Waals surface area (Å²) in [5, 5.41) is 0. The number of nitrogens with zero attached hydrogens (tertiary/aromatic N) is 1. The maximum Gasteiger partial charge on any atom is 0.502 e. The van der Waals surface area contributed by atoms with Gasteiger partial charge >= 0.3 is 7.12 Å². The molecule has 2 rings (SSSR count). The highest BCUT2D eigenvalue weighted by Gasteiger charge is 2.53. The largest absolute Gasteiger partial charge is 0.502 e. The van der Waals surface area contributed by atoms with E-state index in [4.69, 9.17) is 9.31 Å². The molecule has 0 aliphatic carbocycles. The molecule has 0 atom stereocenters. The topological polar surface area (TPSA) is 31.4 Å². The molecule has 3 nitrogen and oxygen atoms in total. The van der Waals surface area contributed by atoms with Crippen LogP contribution in [0.1, 0.15) is 27.7 Å². The molecule has 1 aliphatic rings. The zero-order valence-corrected chi connectivity index (χ0v) is 10.6. The smallest absolute Gasteiger partial charge is 0.399 e. The zero-order chi connectivity index (χ0) is 13.7. The molecule has 1 aromatic heterocycles. The van der Waals surface area contributed by atoms with Crippen molar-refractivity contribution in [1.29, 1.82) is 0 Å². The molecule has 0 amide bonds. The Hall–Kier alpha value is -1.08. The van der Waals surface area contributed by atoms with Gasteiger partial charge in [-0.1, -0.05) is 0 Å². The number of hydrogen-bond donors (Lipinski definition) is 0. The first-order valence-electron chi connectivity index (χ1n) is 5.51. The van der Waals surface area contributed by atoms with E-state index in [1.807, 2.05) is 0 Å². The van der Waals surface area contributed by atoms with Gasteiger partial charge in [0.25, 0.3) is 0 Å². The quantitative estimate of drug-likeness (QED) is 0.569. The van der Waals surface area contributed by atoms with Gasteiger partial charge in [0, 0.05) is 6.07 Å². The molecule has 0 spiro atoms. The lowest BCUT2D eigenvalue weighted by molar-refractivity contribution is 0.00578. The van der Waals surface area contributed by atoms with Crippen molar-refractivity contribution >= 4 is 12.6 Å². The van der Waals surface area contributed by atoms with Crippen molar-refractivity contribution in [2.45, 2.75) is 38.9 Å². The highest BCUT2D eigenvalue weighted by Crippen LogP contribution is 2.36.